The summed E-state index contributed by atoms with van der Waals surface area (Å²) in [6, 6.07) is 6.77. The first-order valence-electron chi connectivity index (χ1n) is 7.24. The number of benzene rings is 1. The fourth-order valence-corrected chi connectivity index (χ4v) is 3.07. The summed E-state index contributed by atoms with van der Waals surface area (Å²) in [5, 5.41) is 10.8. The van der Waals surface area contributed by atoms with Gasteiger partial charge in [-0.05, 0) is 31.7 Å². The molecule has 0 saturated heterocycles. The molecule has 20 heavy (non-hydrogen) atoms. The minimum Gasteiger partial charge on any atom is -0.333 e. The lowest BCUT2D eigenvalue weighted by Crippen LogP contribution is -2.40. The van der Waals surface area contributed by atoms with Crippen LogP contribution < -0.4 is 0 Å². The largest absolute Gasteiger partial charge is 0.333 e. The van der Waals surface area contributed by atoms with Crippen molar-refractivity contribution in [2.24, 2.45) is 0 Å². The maximum Gasteiger partial charge on any atom is 0.270 e. The molecule has 0 radical (unpaired) electrons. The second kappa shape index (κ2) is 5.23. The van der Waals surface area contributed by atoms with Crippen LogP contribution in [0, 0.1) is 10.1 Å². The zero-order valence-corrected chi connectivity index (χ0v) is 11.3. The molecule has 2 fully saturated rings. The standard InChI is InChI=1S/C15H18N2O3/c18-15(11-4-3-7-14(10-11)17(19)20)16(13-8-9-13)12-5-1-2-6-12/h3-4,7,10,12-13H,1-2,5-6,8-9H2. The monoisotopic (exact) mass is 274 g/mol. The predicted octanol–water partition coefficient (Wildman–Crippen LogP) is 3.14. The van der Waals surface area contributed by atoms with Gasteiger partial charge in [0.05, 0.1) is 4.92 Å². The highest BCUT2D eigenvalue weighted by molar-refractivity contribution is 5.95. The Morgan fingerprint density at radius 3 is 2.40 bits per heavy atom. The first-order valence-corrected chi connectivity index (χ1v) is 7.24. The normalized spacial score (nSPS) is 19.0. The number of hydrogen-bond donors (Lipinski definition) is 0. The van der Waals surface area contributed by atoms with Crippen LogP contribution in [0.5, 0.6) is 0 Å². The molecule has 5 heteroatoms. The highest BCUT2D eigenvalue weighted by Crippen LogP contribution is 2.35. The molecule has 3 rings (SSSR count). The van der Waals surface area contributed by atoms with Gasteiger partial charge in [0.2, 0.25) is 0 Å². The first-order chi connectivity index (χ1) is 9.66. The Hall–Kier alpha value is -1.91. The van der Waals surface area contributed by atoms with E-state index in [1.54, 1.807) is 12.1 Å². The van der Waals surface area contributed by atoms with E-state index in [2.05, 4.69) is 0 Å². The fourth-order valence-electron chi connectivity index (χ4n) is 3.07. The maximum absolute atomic E-state index is 12.7. The molecule has 2 aliphatic carbocycles. The van der Waals surface area contributed by atoms with E-state index in [1.165, 1.54) is 25.0 Å². The molecule has 2 saturated carbocycles. The summed E-state index contributed by atoms with van der Waals surface area (Å²) in [6.07, 6.45) is 6.62. The highest BCUT2D eigenvalue weighted by Gasteiger charge is 2.38. The van der Waals surface area contributed by atoms with E-state index in [0.29, 0.717) is 17.6 Å². The third-order valence-corrected chi connectivity index (χ3v) is 4.20. The average molecular weight is 274 g/mol. The Balaban J connectivity index is 1.85. The third kappa shape index (κ3) is 2.53. The number of carbonyl (C=O) groups excluding carboxylic acids is 1. The lowest BCUT2D eigenvalue weighted by atomic mass is 10.1. The SMILES string of the molecule is O=C(c1cccc([N+](=O)[O-])c1)N(C1CCCC1)C1CC1. The molecular formula is C15H18N2O3. The minimum atomic E-state index is -0.451. The number of nitro benzene ring substituents is 1. The van der Waals surface area contributed by atoms with Crippen LogP contribution in [0.2, 0.25) is 0 Å². The molecule has 0 atom stereocenters. The van der Waals surface area contributed by atoms with E-state index in [4.69, 9.17) is 0 Å². The number of nitro groups is 1. The van der Waals surface area contributed by atoms with Gasteiger partial charge in [-0.2, -0.15) is 0 Å². The summed E-state index contributed by atoms with van der Waals surface area (Å²) < 4.78 is 0. The van der Waals surface area contributed by atoms with Gasteiger partial charge in [0.15, 0.2) is 0 Å². The van der Waals surface area contributed by atoms with Crippen molar-refractivity contribution in [3.05, 3.63) is 39.9 Å². The lowest BCUT2D eigenvalue weighted by Gasteiger charge is -2.29. The second-order valence-electron chi connectivity index (χ2n) is 5.69. The Morgan fingerprint density at radius 2 is 1.80 bits per heavy atom. The van der Waals surface area contributed by atoms with Crippen molar-refractivity contribution >= 4 is 11.6 Å². The summed E-state index contributed by atoms with van der Waals surface area (Å²) in [5.74, 6) is -0.0388. The van der Waals surface area contributed by atoms with Gasteiger partial charge < -0.3 is 4.90 Å². The quantitative estimate of drug-likeness (QED) is 0.626. The first kappa shape index (κ1) is 13.1. The number of carbonyl (C=O) groups is 1. The zero-order chi connectivity index (χ0) is 14.1. The molecule has 1 aromatic carbocycles. The molecule has 0 aromatic heterocycles. The van der Waals surface area contributed by atoms with E-state index in [-0.39, 0.29) is 11.6 Å². The van der Waals surface area contributed by atoms with Crippen LogP contribution in [0.4, 0.5) is 5.69 Å². The van der Waals surface area contributed by atoms with Crippen LogP contribution in [0.3, 0.4) is 0 Å². The average Bonchev–Trinajstić information content (AvgIpc) is 3.13. The van der Waals surface area contributed by atoms with Gasteiger partial charge in [-0.1, -0.05) is 18.9 Å². The molecule has 0 spiro atoms. The van der Waals surface area contributed by atoms with Crippen molar-refractivity contribution in [1.82, 2.24) is 4.90 Å². The van der Waals surface area contributed by atoms with Crippen LogP contribution in [0.15, 0.2) is 24.3 Å². The van der Waals surface area contributed by atoms with E-state index < -0.39 is 4.92 Å². The predicted molar refractivity (Wildman–Crippen MR) is 74.5 cm³/mol. The van der Waals surface area contributed by atoms with Crippen molar-refractivity contribution in [3.8, 4) is 0 Å². The van der Waals surface area contributed by atoms with Gasteiger partial charge in [0.25, 0.3) is 11.6 Å². The molecule has 0 aliphatic heterocycles. The summed E-state index contributed by atoms with van der Waals surface area (Å²) in [7, 11) is 0. The van der Waals surface area contributed by atoms with Crippen LogP contribution in [-0.4, -0.2) is 27.8 Å². The molecule has 2 aliphatic rings. The molecule has 1 aromatic rings. The Kier molecular flexibility index (Phi) is 3.42. The number of rotatable bonds is 4. The zero-order valence-electron chi connectivity index (χ0n) is 11.3. The third-order valence-electron chi connectivity index (χ3n) is 4.20. The Labute approximate surface area is 117 Å². The highest BCUT2D eigenvalue weighted by atomic mass is 16.6. The summed E-state index contributed by atoms with van der Waals surface area (Å²) in [6.45, 7) is 0. The van der Waals surface area contributed by atoms with E-state index in [9.17, 15) is 14.9 Å². The van der Waals surface area contributed by atoms with Gasteiger partial charge in [-0.15, -0.1) is 0 Å². The molecular weight excluding hydrogens is 256 g/mol. The molecule has 0 heterocycles. The van der Waals surface area contributed by atoms with Crippen molar-refractivity contribution in [3.63, 3.8) is 0 Å². The molecule has 0 N–H and O–H groups in total. The topological polar surface area (TPSA) is 63.4 Å². The van der Waals surface area contributed by atoms with Crippen LogP contribution in [0.25, 0.3) is 0 Å². The van der Waals surface area contributed by atoms with Crippen LogP contribution in [0.1, 0.15) is 48.9 Å². The molecule has 5 nitrogen and oxygen atoms in total. The van der Waals surface area contributed by atoms with Crippen LogP contribution >= 0.6 is 0 Å². The molecule has 106 valence electrons. The van der Waals surface area contributed by atoms with Gasteiger partial charge in [-0.3, -0.25) is 14.9 Å². The van der Waals surface area contributed by atoms with Gasteiger partial charge in [0.1, 0.15) is 0 Å². The van der Waals surface area contributed by atoms with Crippen molar-refractivity contribution in [2.45, 2.75) is 50.6 Å². The van der Waals surface area contributed by atoms with E-state index in [1.807, 2.05) is 4.90 Å². The van der Waals surface area contributed by atoms with Gasteiger partial charge in [0, 0.05) is 29.8 Å². The number of non-ortho nitro benzene ring substituents is 1. The van der Waals surface area contributed by atoms with Crippen molar-refractivity contribution in [2.75, 3.05) is 0 Å². The van der Waals surface area contributed by atoms with E-state index >= 15 is 0 Å². The van der Waals surface area contributed by atoms with Crippen molar-refractivity contribution < 1.29 is 9.72 Å². The summed E-state index contributed by atoms with van der Waals surface area (Å²) >= 11 is 0. The fraction of sp³-hybridized carbons (Fsp3) is 0.533. The van der Waals surface area contributed by atoms with Gasteiger partial charge >= 0.3 is 0 Å². The Bertz CT molecular complexity index is 534. The Morgan fingerprint density at radius 1 is 1.15 bits per heavy atom. The van der Waals surface area contributed by atoms with E-state index in [0.717, 1.165) is 25.7 Å². The van der Waals surface area contributed by atoms with Crippen molar-refractivity contribution in [1.29, 1.82) is 0 Å². The number of hydrogen-bond acceptors (Lipinski definition) is 3. The summed E-state index contributed by atoms with van der Waals surface area (Å²) in [5.41, 5.74) is 0.427. The lowest BCUT2D eigenvalue weighted by molar-refractivity contribution is -0.384. The molecule has 0 unspecified atom stereocenters. The second-order valence-corrected chi connectivity index (χ2v) is 5.69. The smallest absolute Gasteiger partial charge is 0.270 e. The molecule has 0 bridgehead atoms. The maximum atomic E-state index is 12.7. The number of amides is 1. The van der Waals surface area contributed by atoms with Crippen LogP contribution in [-0.2, 0) is 0 Å². The van der Waals surface area contributed by atoms with Gasteiger partial charge in [-0.25, -0.2) is 0 Å². The molecule has 1 amide bonds. The summed E-state index contributed by atoms with van der Waals surface area (Å²) in [4.78, 5) is 25.1. The minimum absolute atomic E-state index is 0.0157. The number of nitrogens with zero attached hydrogens (tertiary/aromatic N) is 2.